The number of carbonyl (C=O) groups excluding carboxylic acids is 1. The predicted molar refractivity (Wildman–Crippen MR) is 96.7 cm³/mol. The lowest BCUT2D eigenvalue weighted by Crippen LogP contribution is -2.06. The molecule has 0 fully saturated rings. The van der Waals surface area contributed by atoms with Gasteiger partial charge in [-0.25, -0.2) is 0 Å². The van der Waals surface area contributed by atoms with E-state index >= 15 is 0 Å². The average Bonchev–Trinajstić information content (AvgIpc) is 2.65. The minimum absolute atomic E-state index is 0.0856. The number of phenols is 2. The molecule has 3 aromatic rings. The Morgan fingerprint density at radius 2 is 1.12 bits per heavy atom. The van der Waals surface area contributed by atoms with Crippen LogP contribution >= 0.6 is 7.80 Å². The van der Waals surface area contributed by atoms with Gasteiger partial charge in [0.25, 0.3) is 0 Å². The number of carbonyl (C=O) groups is 1. The molecular weight excluding hydrogens is 323 g/mol. The monoisotopic (exact) mass is 341 g/mol. The minimum atomic E-state index is -1.69. The summed E-state index contributed by atoms with van der Waals surface area (Å²) in [4.78, 5) is 8.00. The molecule has 0 amide bonds. The third kappa shape index (κ3) is 6.03. The van der Waals surface area contributed by atoms with E-state index in [-0.39, 0.29) is 5.75 Å². The van der Waals surface area contributed by atoms with Gasteiger partial charge >= 0.3 is 7.80 Å². The number of benzene rings is 3. The van der Waals surface area contributed by atoms with Crippen molar-refractivity contribution < 1.29 is 19.6 Å². The molecule has 2 N–H and O–H groups in total. The quantitative estimate of drug-likeness (QED) is 0.701. The Morgan fingerprint density at radius 3 is 1.58 bits per heavy atom. The highest BCUT2D eigenvalue weighted by atomic mass is 31.1. The van der Waals surface area contributed by atoms with Gasteiger partial charge in [0.05, 0.1) is 0 Å². The van der Waals surface area contributed by atoms with E-state index in [1.54, 1.807) is 60.7 Å². The van der Waals surface area contributed by atoms with E-state index in [4.69, 9.17) is 9.90 Å². The number of phenolic OH excluding ortho intramolecular Hbond substituents is 2. The van der Waals surface area contributed by atoms with Gasteiger partial charge in [-0.15, -0.1) is 0 Å². The molecule has 0 saturated heterocycles. The number of rotatable bonds is 2. The molecule has 0 bridgehead atoms. The summed E-state index contributed by atoms with van der Waals surface area (Å²) in [7, 11) is -1.69. The van der Waals surface area contributed by atoms with Gasteiger partial charge in [-0.3, -0.25) is 0 Å². The fourth-order valence-corrected chi connectivity index (χ4v) is 2.99. The Kier molecular flexibility index (Phi) is 8.51. The van der Waals surface area contributed by atoms with Gasteiger partial charge in [0.1, 0.15) is 12.5 Å². The van der Waals surface area contributed by atoms with Gasteiger partial charge in [0, 0.05) is 0 Å². The molecule has 0 aliphatic carbocycles. The molecule has 5 heteroatoms. The van der Waals surface area contributed by atoms with Crippen LogP contribution in [-0.4, -0.2) is 17.0 Å². The molecule has 24 heavy (non-hydrogen) atoms. The van der Waals surface area contributed by atoms with Gasteiger partial charge in [-0.2, -0.15) is 0 Å². The molecule has 122 valence electrons. The normalized spacial score (nSPS) is 9.58. The Labute approximate surface area is 141 Å². The summed E-state index contributed by atoms with van der Waals surface area (Å²) >= 11 is 0. The van der Waals surface area contributed by atoms with Gasteiger partial charge in [0.2, 0.25) is 5.30 Å². The van der Waals surface area contributed by atoms with Crippen molar-refractivity contribution in [3.05, 3.63) is 84.9 Å². The van der Waals surface area contributed by atoms with Crippen molar-refractivity contribution in [3.63, 3.8) is 0 Å². The fourth-order valence-electron chi connectivity index (χ4n) is 1.77. The van der Waals surface area contributed by atoms with E-state index in [2.05, 4.69) is 0 Å². The number of aromatic hydroxyl groups is 2. The Balaban J connectivity index is 0.000000268. The molecule has 4 nitrogen and oxygen atoms in total. The summed E-state index contributed by atoms with van der Waals surface area (Å²) in [6.45, 7) is 2.00. The summed E-state index contributed by atoms with van der Waals surface area (Å²) in [6, 6.07) is 24.6. The first-order chi connectivity index (χ1) is 11.7. The maximum atomic E-state index is 12.1. The molecule has 3 aromatic carbocycles. The van der Waals surface area contributed by atoms with Crippen molar-refractivity contribution in [2.45, 2.75) is 0 Å². The molecule has 0 saturated carbocycles. The zero-order valence-electron chi connectivity index (χ0n) is 12.9. The van der Waals surface area contributed by atoms with Crippen LogP contribution in [0.1, 0.15) is 0 Å². The zero-order valence-corrected chi connectivity index (χ0v) is 13.8. The Morgan fingerprint density at radius 1 is 0.667 bits per heavy atom. The third-order valence-corrected chi connectivity index (χ3v) is 4.43. The first kappa shape index (κ1) is 19.1. The van der Waals surface area contributed by atoms with Crippen molar-refractivity contribution in [1.82, 2.24) is 0 Å². The fraction of sp³-hybridized carbons (Fsp3) is 0. The van der Waals surface area contributed by atoms with Crippen LogP contribution in [0.3, 0.4) is 0 Å². The second-order valence-corrected chi connectivity index (χ2v) is 6.04. The van der Waals surface area contributed by atoms with Gasteiger partial charge in [-0.1, -0.05) is 53.1 Å². The molecule has 0 radical (unpaired) electrons. The number of hydrogen-bond donors (Lipinski definition) is 2. The standard InChI is InChI=1S/C12H9O2P.C6H6O.CH2O/c13-11-8-4-5-9-12(11)15(14)10-6-2-1-3-7-10;7-6-4-2-1-3-5-6;1-2/h1-9H;1-5,7H;1H2/p+1. The summed E-state index contributed by atoms with van der Waals surface area (Å²) in [5.74, 6) is 0.407. The first-order valence-corrected chi connectivity index (χ1v) is 8.27. The van der Waals surface area contributed by atoms with Crippen LogP contribution in [0.15, 0.2) is 84.9 Å². The molecule has 0 aliphatic heterocycles. The average molecular weight is 341 g/mol. The van der Waals surface area contributed by atoms with E-state index in [0.29, 0.717) is 11.1 Å². The van der Waals surface area contributed by atoms with Crippen LogP contribution in [0, 0.1) is 0 Å². The van der Waals surface area contributed by atoms with Crippen molar-refractivity contribution in [1.29, 1.82) is 0 Å². The topological polar surface area (TPSA) is 74.6 Å². The SMILES string of the molecule is C=O.O=[P+](c1ccccc1)c1ccccc1O.Oc1ccccc1. The van der Waals surface area contributed by atoms with Crippen LogP contribution in [0.5, 0.6) is 11.5 Å². The van der Waals surface area contributed by atoms with Gasteiger partial charge in [0.15, 0.2) is 11.1 Å². The second kappa shape index (κ2) is 10.7. The summed E-state index contributed by atoms with van der Waals surface area (Å²) in [5, 5.41) is 19.4. The Bertz CT molecular complexity index is 746. The zero-order chi connectivity index (χ0) is 17.8. The van der Waals surface area contributed by atoms with Crippen molar-refractivity contribution in [2.24, 2.45) is 0 Å². The maximum Gasteiger partial charge on any atom is 0.419 e. The summed E-state index contributed by atoms with van der Waals surface area (Å²) in [6.07, 6.45) is 0. The molecule has 0 heterocycles. The lowest BCUT2D eigenvalue weighted by Gasteiger charge is -1.92. The van der Waals surface area contributed by atoms with Crippen LogP contribution in [0.4, 0.5) is 0 Å². The number of para-hydroxylation sites is 2. The van der Waals surface area contributed by atoms with Crippen molar-refractivity contribution in [3.8, 4) is 11.5 Å². The van der Waals surface area contributed by atoms with Crippen LogP contribution in [-0.2, 0) is 9.36 Å². The van der Waals surface area contributed by atoms with Crippen molar-refractivity contribution >= 4 is 25.2 Å². The van der Waals surface area contributed by atoms with Gasteiger partial charge in [-0.05, 0) is 36.4 Å². The van der Waals surface area contributed by atoms with E-state index in [1.165, 1.54) is 0 Å². The van der Waals surface area contributed by atoms with Gasteiger partial charge < -0.3 is 15.0 Å². The molecular formula is C19H18O4P+. The van der Waals surface area contributed by atoms with Crippen LogP contribution in [0.2, 0.25) is 0 Å². The highest BCUT2D eigenvalue weighted by Gasteiger charge is 2.26. The summed E-state index contributed by atoms with van der Waals surface area (Å²) in [5.41, 5.74) is 0. The second-order valence-electron chi connectivity index (χ2n) is 4.45. The third-order valence-electron chi connectivity index (χ3n) is 2.85. The maximum absolute atomic E-state index is 12.1. The van der Waals surface area contributed by atoms with E-state index < -0.39 is 7.80 Å². The highest BCUT2D eigenvalue weighted by molar-refractivity contribution is 7.61. The molecule has 0 aliphatic rings. The molecule has 0 spiro atoms. The first-order valence-electron chi connectivity index (χ1n) is 7.01. The lowest BCUT2D eigenvalue weighted by molar-refractivity contribution is -0.0979. The van der Waals surface area contributed by atoms with Crippen LogP contribution < -0.4 is 10.6 Å². The molecule has 1 atom stereocenters. The lowest BCUT2D eigenvalue weighted by atomic mass is 10.3. The molecule has 0 aromatic heterocycles. The van der Waals surface area contributed by atoms with E-state index in [0.717, 1.165) is 5.30 Å². The Hall–Kier alpha value is -2.97. The van der Waals surface area contributed by atoms with E-state index in [9.17, 15) is 9.67 Å². The summed E-state index contributed by atoms with van der Waals surface area (Å²) < 4.78 is 12.1. The van der Waals surface area contributed by atoms with Crippen LogP contribution in [0.25, 0.3) is 0 Å². The predicted octanol–water partition coefficient (Wildman–Crippen LogP) is 3.38. The smallest absolute Gasteiger partial charge is 0.419 e. The largest absolute Gasteiger partial charge is 0.508 e. The number of hydrogen-bond acceptors (Lipinski definition) is 4. The van der Waals surface area contributed by atoms with Crippen molar-refractivity contribution in [2.75, 3.05) is 0 Å². The minimum Gasteiger partial charge on any atom is -0.508 e. The molecule has 3 rings (SSSR count). The highest BCUT2D eigenvalue weighted by Crippen LogP contribution is 2.24. The van der Waals surface area contributed by atoms with E-state index in [1.807, 2.05) is 31.1 Å². The molecule has 1 unspecified atom stereocenters.